The molecule has 1 N–H and O–H groups in total. The third-order valence-corrected chi connectivity index (χ3v) is 6.14. The zero-order valence-corrected chi connectivity index (χ0v) is 17.1. The minimum absolute atomic E-state index is 0.0257. The highest BCUT2D eigenvalue weighted by molar-refractivity contribution is 6.31. The Morgan fingerprint density at radius 2 is 1.93 bits per heavy atom. The predicted molar refractivity (Wildman–Crippen MR) is 114 cm³/mol. The largest absolute Gasteiger partial charge is 0.351 e. The van der Waals surface area contributed by atoms with Crippen LogP contribution in [0.1, 0.15) is 45.6 Å². The van der Waals surface area contributed by atoms with Crippen LogP contribution in [0.2, 0.25) is 5.02 Å². The first-order chi connectivity index (χ1) is 13.5. The minimum atomic E-state index is -0.393. The Kier molecular flexibility index (Phi) is 5.40. The van der Waals surface area contributed by atoms with Crippen molar-refractivity contribution in [2.45, 2.75) is 51.6 Å². The minimum Gasteiger partial charge on any atom is -0.351 e. The van der Waals surface area contributed by atoms with Crippen LogP contribution in [0.25, 0.3) is 22.2 Å². The molecule has 0 spiro atoms. The lowest BCUT2D eigenvalue weighted by atomic mass is 9.86. The molecule has 1 saturated carbocycles. The lowest BCUT2D eigenvalue weighted by Gasteiger charge is -2.30. The molecule has 146 valence electrons. The van der Waals surface area contributed by atoms with Crippen molar-refractivity contribution in [1.29, 1.82) is 0 Å². The molecule has 0 unspecified atom stereocenters. The molecule has 3 aromatic rings. The molecule has 0 saturated heterocycles. The second-order valence-corrected chi connectivity index (χ2v) is 8.31. The summed E-state index contributed by atoms with van der Waals surface area (Å²) in [5.41, 5.74) is 2.79. The van der Waals surface area contributed by atoms with Crippen molar-refractivity contribution < 1.29 is 4.79 Å². The number of rotatable bonds is 4. The number of nitrogens with zero attached hydrogens (tertiary/aromatic N) is 2. The molecule has 5 heteroatoms. The fourth-order valence-electron chi connectivity index (χ4n) is 4.16. The first kappa shape index (κ1) is 19.0. The zero-order valence-electron chi connectivity index (χ0n) is 16.4. The number of halogens is 1. The van der Waals surface area contributed by atoms with Crippen LogP contribution in [0, 0.1) is 5.92 Å². The topological polar surface area (TPSA) is 46.9 Å². The van der Waals surface area contributed by atoms with Crippen LogP contribution >= 0.6 is 11.6 Å². The Labute approximate surface area is 170 Å². The van der Waals surface area contributed by atoms with Gasteiger partial charge in [-0.2, -0.15) is 5.10 Å². The summed E-state index contributed by atoms with van der Waals surface area (Å²) in [6.07, 6.45) is 4.68. The Hall–Kier alpha value is -2.33. The van der Waals surface area contributed by atoms with Crippen LogP contribution in [0.3, 0.4) is 0 Å². The van der Waals surface area contributed by atoms with Gasteiger partial charge in [0, 0.05) is 22.0 Å². The lowest BCUT2D eigenvalue weighted by molar-refractivity contribution is -0.125. The Bertz CT molecular complexity index is 982. The second kappa shape index (κ2) is 7.96. The normalized spacial score (nSPS) is 20.8. The van der Waals surface area contributed by atoms with Gasteiger partial charge in [-0.15, -0.1) is 0 Å². The number of hydrogen-bond donors (Lipinski definition) is 1. The van der Waals surface area contributed by atoms with Crippen molar-refractivity contribution in [3.63, 3.8) is 0 Å². The fourth-order valence-corrected chi connectivity index (χ4v) is 4.33. The fraction of sp³-hybridized carbons (Fsp3) is 0.391. The standard InChI is InChI=1S/C23H26ClN3O/c1-15-8-6-7-11-20(15)25-23(28)16(2)27-21-13-12-18(24)14-19(21)22(26-27)17-9-4-3-5-10-17/h3-5,9-10,12-16,20H,6-8,11H2,1-2H3,(H,25,28)/t15-,16+,20-/m1/s1. The van der Waals surface area contributed by atoms with E-state index in [-0.39, 0.29) is 11.9 Å². The number of hydrogen-bond acceptors (Lipinski definition) is 2. The second-order valence-electron chi connectivity index (χ2n) is 7.87. The van der Waals surface area contributed by atoms with Gasteiger partial charge in [0.1, 0.15) is 11.7 Å². The monoisotopic (exact) mass is 395 g/mol. The van der Waals surface area contributed by atoms with E-state index < -0.39 is 6.04 Å². The van der Waals surface area contributed by atoms with E-state index in [2.05, 4.69) is 12.2 Å². The zero-order chi connectivity index (χ0) is 19.7. The Morgan fingerprint density at radius 3 is 2.68 bits per heavy atom. The summed E-state index contributed by atoms with van der Waals surface area (Å²) >= 11 is 6.26. The van der Waals surface area contributed by atoms with Gasteiger partial charge >= 0.3 is 0 Å². The molecule has 0 aliphatic heterocycles. The highest BCUT2D eigenvalue weighted by Crippen LogP contribution is 2.32. The maximum absolute atomic E-state index is 13.0. The number of fused-ring (bicyclic) bond motifs is 1. The maximum Gasteiger partial charge on any atom is 0.244 e. The summed E-state index contributed by atoms with van der Waals surface area (Å²) in [5, 5.41) is 9.72. The lowest BCUT2D eigenvalue weighted by Crippen LogP contribution is -2.43. The van der Waals surface area contributed by atoms with Gasteiger partial charge in [-0.1, -0.05) is 61.7 Å². The van der Waals surface area contributed by atoms with Gasteiger partial charge in [-0.05, 0) is 43.9 Å². The molecule has 1 aromatic heterocycles. The predicted octanol–water partition coefficient (Wildman–Crippen LogP) is 5.61. The molecule has 3 atom stereocenters. The van der Waals surface area contributed by atoms with Crippen molar-refractivity contribution >= 4 is 28.4 Å². The summed E-state index contributed by atoms with van der Waals surface area (Å²) < 4.78 is 1.83. The number of amides is 1. The quantitative estimate of drug-likeness (QED) is 0.623. The van der Waals surface area contributed by atoms with E-state index >= 15 is 0 Å². The molecule has 1 heterocycles. The van der Waals surface area contributed by atoms with E-state index in [1.807, 2.05) is 60.1 Å². The smallest absolute Gasteiger partial charge is 0.244 e. The van der Waals surface area contributed by atoms with Gasteiger partial charge in [0.15, 0.2) is 0 Å². The van der Waals surface area contributed by atoms with Crippen LogP contribution in [0.15, 0.2) is 48.5 Å². The van der Waals surface area contributed by atoms with Crippen molar-refractivity contribution in [2.24, 2.45) is 5.92 Å². The summed E-state index contributed by atoms with van der Waals surface area (Å²) in [4.78, 5) is 13.0. The number of carbonyl (C=O) groups is 1. The molecule has 1 aliphatic carbocycles. The van der Waals surface area contributed by atoms with Gasteiger partial charge in [0.05, 0.1) is 5.52 Å². The van der Waals surface area contributed by atoms with Crippen LogP contribution in [0.4, 0.5) is 0 Å². The Morgan fingerprint density at radius 1 is 1.18 bits per heavy atom. The van der Waals surface area contributed by atoms with Gasteiger partial charge in [0.2, 0.25) is 5.91 Å². The molecule has 1 fully saturated rings. The molecular weight excluding hydrogens is 370 g/mol. The van der Waals surface area contributed by atoms with Crippen LogP contribution < -0.4 is 5.32 Å². The van der Waals surface area contributed by atoms with E-state index in [0.29, 0.717) is 10.9 Å². The van der Waals surface area contributed by atoms with E-state index in [1.165, 1.54) is 19.3 Å². The van der Waals surface area contributed by atoms with Gasteiger partial charge < -0.3 is 5.32 Å². The number of nitrogens with one attached hydrogen (secondary N) is 1. The van der Waals surface area contributed by atoms with Gasteiger partial charge in [-0.3, -0.25) is 9.48 Å². The number of carbonyl (C=O) groups excluding carboxylic acids is 1. The highest BCUT2D eigenvalue weighted by Gasteiger charge is 2.27. The van der Waals surface area contributed by atoms with Crippen LogP contribution in [0.5, 0.6) is 0 Å². The average molecular weight is 396 g/mol. The van der Waals surface area contributed by atoms with E-state index in [0.717, 1.165) is 28.6 Å². The average Bonchev–Trinajstić information content (AvgIpc) is 3.08. The third kappa shape index (κ3) is 3.66. The Balaban J connectivity index is 1.69. The summed E-state index contributed by atoms with van der Waals surface area (Å²) in [6, 6.07) is 15.6. The molecule has 1 aliphatic rings. The molecule has 0 bridgehead atoms. The molecule has 28 heavy (non-hydrogen) atoms. The molecule has 1 amide bonds. The first-order valence-corrected chi connectivity index (χ1v) is 10.5. The maximum atomic E-state index is 13.0. The first-order valence-electron chi connectivity index (χ1n) is 10.1. The van der Waals surface area contributed by atoms with E-state index in [9.17, 15) is 4.79 Å². The van der Waals surface area contributed by atoms with Crippen molar-refractivity contribution in [3.8, 4) is 11.3 Å². The number of benzene rings is 2. The molecule has 0 radical (unpaired) electrons. The number of aromatic nitrogens is 2. The van der Waals surface area contributed by atoms with Gasteiger partial charge in [-0.25, -0.2) is 0 Å². The molecule has 2 aromatic carbocycles. The molecule has 4 nitrogen and oxygen atoms in total. The SMILES string of the molecule is C[C@@H]1CCCC[C@H]1NC(=O)[C@H](C)n1nc(-c2ccccc2)c2cc(Cl)ccc21. The van der Waals surface area contributed by atoms with Crippen LogP contribution in [-0.4, -0.2) is 21.7 Å². The van der Waals surface area contributed by atoms with Crippen molar-refractivity contribution in [1.82, 2.24) is 15.1 Å². The molecular formula is C23H26ClN3O. The van der Waals surface area contributed by atoms with Crippen molar-refractivity contribution in [3.05, 3.63) is 53.6 Å². The molecule has 4 rings (SSSR count). The van der Waals surface area contributed by atoms with Crippen molar-refractivity contribution in [2.75, 3.05) is 0 Å². The highest BCUT2D eigenvalue weighted by atomic mass is 35.5. The summed E-state index contributed by atoms with van der Waals surface area (Å²) in [6.45, 7) is 4.15. The van der Waals surface area contributed by atoms with Crippen LogP contribution in [-0.2, 0) is 4.79 Å². The summed E-state index contributed by atoms with van der Waals surface area (Å²) in [7, 11) is 0. The third-order valence-electron chi connectivity index (χ3n) is 5.90. The summed E-state index contributed by atoms with van der Waals surface area (Å²) in [5.74, 6) is 0.552. The van der Waals surface area contributed by atoms with Gasteiger partial charge in [0.25, 0.3) is 0 Å². The van der Waals surface area contributed by atoms with E-state index in [4.69, 9.17) is 16.7 Å². The van der Waals surface area contributed by atoms with E-state index in [1.54, 1.807) is 0 Å².